The second-order valence-corrected chi connectivity index (χ2v) is 4.96. The number of ether oxygens (including phenoxy) is 1. The molecule has 2 N–H and O–H groups in total. The fourth-order valence-corrected chi connectivity index (χ4v) is 2.08. The molecule has 21 heavy (non-hydrogen) atoms. The predicted molar refractivity (Wildman–Crippen MR) is 70.8 cm³/mol. The van der Waals surface area contributed by atoms with Gasteiger partial charge in [-0.3, -0.25) is 4.79 Å². The molecule has 1 amide bonds. The summed E-state index contributed by atoms with van der Waals surface area (Å²) in [7, 11) is 0. The van der Waals surface area contributed by atoms with Crippen molar-refractivity contribution in [1.29, 1.82) is 0 Å². The average Bonchev–Trinajstić information content (AvgIpc) is 2.97. The summed E-state index contributed by atoms with van der Waals surface area (Å²) in [4.78, 5) is 11.8. The molecule has 7 heteroatoms. The molecule has 1 aromatic rings. The Hall–Kier alpha value is -1.76. The summed E-state index contributed by atoms with van der Waals surface area (Å²) >= 11 is 0. The van der Waals surface area contributed by atoms with Crippen LogP contribution in [0.2, 0.25) is 0 Å². The zero-order valence-corrected chi connectivity index (χ0v) is 11.4. The molecule has 1 heterocycles. The number of amides is 1. The Morgan fingerprint density at radius 3 is 2.62 bits per heavy atom. The van der Waals surface area contributed by atoms with Gasteiger partial charge in [0.25, 0.3) is 0 Å². The Labute approximate surface area is 120 Å². The van der Waals surface area contributed by atoms with Crippen molar-refractivity contribution in [3.8, 4) is 5.75 Å². The quantitative estimate of drug-likeness (QED) is 0.873. The number of rotatable bonds is 5. The third-order valence-corrected chi connectivity index (χ3v) is 3.22. The first-order valence-corrected chi connectivity index (χ1v) is 6.71. The van der Waals surface area contributed by atoms with Gasteiger partial charge < -0.3 is 15.4 Å². The van der Waals surface area contributed by atoms with Gasteiger partial charge in [0.2, 0.25) is 5.91 Å². The molecule has 1 saturated heterocycles. The summed E-state index contributed by atoms with van der Waals surface area (Å²) < 4.78 is 40.6. The lowest BCUT2D eigenvalue weighted by atomic mass is 10.1. The summed E-state index contributed by atoms with van der Waals surface area (Å²) in [5.41, 5.74) is 0.814. The van der Waals surface area contributed by atoms with E-state index in [0.717, 1.165) is 18.5 Å². The van der Waals surface area contributed by atoms with Crippen LogP contribution >= 0.6 is 0 Å². The number of nitrogens with one attached hydrogen (secondary N) is 2. The number of halogens is 3. The van der Waals surface area contributed by atoms with E-state index < -0.39 is 12.8 Å². The molecule has 1 fully saturated rings. The Morgan fingerprint density at radius 2 is 2.05 bits per heavy atom. The van der Waals surface area contributed by atoms with Crippen molar-refractivity contribution in [2.75, 3.05) is 19.7 Å². The minimum atomic E-state index is -4.35. The summed E-state index contributed by atoms with van der Waals surface area (Å²) in [5.74, 6) is 0.152. The third kappa shape index (κ3) is 5.26. The van der Waals surface area contributed by atoms with Gasteiger partial charge in [0.05, 0.1) is 5.92 Å². The number of carbonyl (C=O) groups is 1. The van der Waals surface area contributed by atoms with Gasteiger partial charge in [-0.2, -0.15) is 13.2 Å². The molecule has 0 aliphatic carbocycles. The molecule has 1 aliphatic heterocycles. The van der Waals surface area contributed by atoms with E-state index in [9.17, 15) is 18.0 Å². The van der Waals surface area contributed by atoms with Gasteiger partial charge >= 0.3 is 6.18 Å². The maximum atomic E-state index is 12.0. The Kier molecular flexibility index (Phi) is 5.06. The van der Waals surface area contributed by atoms with Gasteiger partial charge in [0.15, 0.2) is 6.61 Å². The summed E-state index contributed by atoms with van der Waals surface area (Å²) in [6, 6.07) is 6.20. The van der Waals surface area contributed by atoms with E-state index >= 15 is 0 Å². The largest absolute Gasteiger partial charge is 0.484 e. The lowest BCUT2D eigenvalue weighted by molar-refractivity contribution is -0.153. The van der Waals surface area contributed by atoms with Crippen LogP contribution in [0.1, 0.15) is 12.0 Å². The SMILES string of the molecule is O=C(NCc1ccc(OCC(F)(F)F)cc1)C1CCNC1. The molecule has 1 aromatic carbocycles. The average molecular weight is 302 g/mol. The second kappa shape index (κ2) is 6.80. The van der Waals surface area contributed by atoms with Gasteiger partial charge in [-0.1, -0.05) is 12.1 Å². The number of carbonyl (C=O) groups excluding carboxylic acids is 1. The topological polar surface area (TPSA) is 50.4 Å². The molecule has 1 aliphatic rings. The van der Waals surface area contributed by atoms with Crippen molar-refractivity contribution in [1.82, 2.24) is 10.6 Å². The van der Waals surface area contributed by atoms with E-state index in [2.05, 4.69) is 15.4 Å². The van der Waals surface area contributed by atoms with Gasteiger partial charge in [0.1, 0.15) is 5.75 Å². The molecule has 0 bridgehead atoms. The molecule has 116 valence electrons. The van der Waals surface area contributed by atoms with Crippen LogP contribution < -0.4 is 15.4 Å². The van der Waals surface area contributed by atoms with Crippen molar-refractivity contribution < 1.29 is 22.7 Å². The summed E-state index contributed by atoms with van der Waals surface area (Å²) in [6.07, 6.45) is -3.52. The second-order valence-electron chi connectivity index (χ2n) is 4.96. The molecular weight excluding hydrogens is 285 g/mol. The van der Waals surface area contributed by atoms with Crippen molar-refractivity contribution in [2.45, 2.75) is 19.1 Å². The molecule has 0 spiro atoms. The van der Waals surface area contributed by atoms with Crippen LogP contribution in [0.15, 0.2) is 24.3 Å². The Balaban J connectivity index is 1.78. The van der Waals surface area contributed by atoms with Crippen LogP contribution in [0.5, 0.6) is 5.75 Å². The van der Waals surface area contributed by atoms with E-state index in [1.165, 1.54) is 12.1 Å². The van der Waals surface area contributed by atoms with Crippen molar-refractivity contribution >= 4 is 5.91 Å². The van der Waals surface area contributed by atoms with Crippen LogP contribution in [0.4, 0.5) is 13.2 Å². The van der Waals surface area contributed by atoms with Crippen LogP contribution in [0, 0.1) is 5.92 Å². The van der Waals surface area contributed by atoms with Gasteiger partial charge in [-0.15, -0.1) is 0 Å². The first-order chi connectivity index (χ1) is 9.94. The maximum absolute atomic E-state index is 12.0. The summed E-state index contributed by atoms with van der Waals surface area (Å²) in [6.45, 7) is 0.589. The zero-order chi connectivity index (χ0) is 15.3. The van der Waals surface area contributed by atoms with E-state index in [1.54, 1.807) is 12.1 Å². The van der Waals surface area contributed by atoms with Crippen molar-refractivity contribution in [3.05, 3.63) is 29.8 Å². The maximum Gasteiger partial charge on any atom is 0.422 e. The molecule has 2 rings (SSSR count). The van der Waals surface area contributed by atoms with Crippen LogP contribution in [-0.4, -0.2) is 31.8 Å². The third-order valence-electron chi connectivity index (χ3n) is 3.22. The number of hydrogen-bond donors (Lipinski definition) is 2. The van der Waals surface area contributed by atoms with Gasteiger partial charge in [0, 0.05) is 13.1 Å². The molecule has 0 saturated carbocycles. The first kappa shape index (κ1) is 15.6. The number of alkyl halides is 3. The number of hydrogen-bond acceptors (Lipinski definition) is 3. The molecular formula is C14H17F3N2O2. The van der Waals surface area contributed by atoms with E-state index in [4.69, 9.17) is 0 Å². The highest BCUT2D eigenvalue weighted by Gasteiger charge is 2.28. The standard InChI is InChI=1S/C14H17F3N2O2/c15-14(16,17)9-21-12-3-1-10(2-4-12)7-19-13(20)11-5-6-18-8-11/h1-4,11,18H,5-9H2,(H,19,20). The highest BCUT2D eigenvalue weighted by molar-refractivity contribution is 5.79. The Bertz CT molecular complexity index is 468. The Morgan fingerprint density at radius 1 is 1.33 bits per heavy atom. The van der Waals surface area contributed by atoms with E-state index in [1.807, 2.05) is 0 Å². The van der Waals surface area contributed by atoms with E-state index in [0.29, 0.717) is 13.1 Å². The van der Waals surface area contributed by atoms with Crippen LogP contribution in [-0.2, 0) is 11.3 Å². The van der Waals surface area contributed by atoms with Gasteiger partial charge in [-0.25, -0.2) is 0 Å². The van der Waals surface area contributed by atoms with Gasteiger partial charge in [-0.05, 0) is 30.7 Å². The van der Waals surface area contributed by atoms with Crippen molar-refractivity contribution in [3.63, 3.8) is 0 Å². The highest BCUT2D eigenvalue weighted by atomic mass is 19.4. The minimum absolute atomic E-state index is 0.000563. The normalized spacial score (nSPS) is 18.5. The molecule has 0 aromatic heterocycles. The molecule has 1 unspecified atom stereocenters. The lowest BCUT2D eigenvalue weighted by Gasteiger charge is -2.11. The smallest absolute Gasteiger partial charge is 0.422 e. The van der Waals surface area contributed by atoms with Crippen LogP contribution in [0.25, 0.3) is 0 Å². The highest BCUT2D eigenvalue weighted by Crippen LogP contribution is 2.19. The van der Waals surface area contributed by atoms with E-state index in [-0.39, 0.29) is 17.6 Å². The summed E-state index contributed by atoms with van der Waals surface area (Å²) in [5, 5.41) is 5.93. The lowest BCUT2D eigenvalue weighted by Crippen LogP contribution is -2.31. The first-order valence-electron chi connectivity index (χ1n) is 6.71. The predicted octanol–water partition coefficient (Wildman–Crippen LogP) is 1.85. The molecule has 1 atom stereocenters. The molecule has 4 nitrogen and oxygen atoms in total. The fourth-order valence-electron chi connectivity index (χ4n) is 2.08. The fraction of sp³-hybridized carbons (Fsp3) is 0.500. The number of benzene rings is 1. The van der Waals surface area contributed by atoms with Crippen LogP contribution in [0.3, 0.4) is 0 Å². The molecule has 0 radical (unpaired) electrons. The minimum Gasteiger partial charge on any atom is -0.484 e. The monoisotopic (exact) mass is 302 g/mol. The zero-order valence-electron chi connectivity index (χ0n) is 11.4. The van der Waals surface area contributed by atoms with Crippen molar-refractivity contribution in [2.24, 2.45) is 5.92 Å².